The van der Waals surface area contributed by atoms with Crippen LogP contribution in [0, 0.1) is 0 Å². The Bertz CT molecular complexity index is 737. The van der Waals surface area contributed by atoms with Crippen LogP contribution in [0.2, 0.25) is 10.2 Å². The van der Waals surface area contributed by atoms with Crippen LogP contribution in [0.5, 0.6) is 0 Å². The van der Waals surface area contributed by atoms with Crippen LogP contribution < -0.4 is 5.32 Å². The first-order chi connectivity index (χ1) is 9.88. The van der Waals surface area contributed by atoms with Crippen molar-refractivity contribution in [2.24, 2.45) is 0 Å². The minimum atomic E-state index is -1.11. The van der Waals surface area contributed by atoms with Gasteiger partial charge in [-0.05, 0) is 46.3 Å². The van der Waals surface area contributed by atoms with Crippen LogP contribution in [-0.2, 0) is 0 Å². The van der Waals surface area contributed by atoms with Gasteiger partial charge < -0.3 is 10.4 Å². The maximum Gasteiger partial charge on any atom is 0.336 e. The Morgan fingerprint density at radius 1 is 1.19 bits per heavy atom. The van der Waals surface area contributed by atoms with Gasteiger partial charge in [-0.3, -0.25) is 4.79 Å². The molecule has 0 saturated heterocycles. The van der Waals surface area contributed by atoms with Gasteiger partial charge in [0.15, 0.2) is 0 Å². The number of rotatable bonds is 3. The SMILES string of the molecule is O=C(O)c1cc(NC(=O)c2nc(Cl)ccc2Cl)ccc1Br. The normalized spacial score (nSPS) is 10.2. The summed E-state index contributed by atoms with van der Waals surface area (Å²) in [5.74, 6) is -1.70. The van der Waals surface area contributed by atoms with Crippen molar-refractivity contribution in [3.05, 3.63) is 56.2 Å². The summed E-state index contributed by atoms with van der Waals surface area (Å²) in [4.78, 5) is 27.0. The molecule has 0 aliphatic rings. The number of hydrogen-bond donors (Lipinski definition) is 2. The summed E-state index contributed by atoms with van der Waals surface area (Å²) < 4.78 is 0.409. The first-order valence-corrected chi connectivity index (χ1v) is 7.09. The molecule has 2 aromatic rings. The highest BCUT2D eigenvalue weighted by Gasteiger charge is 2.15. The Balaban J connectivity index is 2.29. The summed E-state index contributed by atoms with van der Waals surface area (Å²) >= 11 is 14.7. The van der Waals surface area contributed by atoms with Gasteiger partial charge in [0, 0.05) is 10.2 Å². The number of hydrogen-bond acceptors (Lipinski definition) is 3. The van der Waals surface area contributed by atoms with Gasteiger partial charge in [0.25, 0.3) is 5.91 Å². The molecular formula is C13H7BrCl2N2O3. The summed E-state index contributed by atoms with van der Waals surface area (Å²) in [6, 6.07) is 7.31. The lowest BCUT2D eigenvalue weighted by Gasteiger charge is -2.08. The number of benzene rings is 1. The van der Waals surface area contributed by atoms with Gasteiger partial charge in [-0.2, -0.15) is 0 Å². The third-order valence-electron chi connectivity index (χ3n) is 2.48. The number of anilines is 1. The maximum absolute atomic E-state index is 12.1. The van der Waals surface area contributed by atoms with Gasteiger partial charge in [0.2, 0.25) is 0 Å². The Morgan fingerprint density at radius 2 is 1.90 bits per heavy atom. The van der Waals surface area contributed by atoms with Crippen molar-refractivity contribution in [2.75, 3.05) is 5.32 Å². The zero-order valence-electron chi connectivity index (χ0n) is 10.2. The molecule has 0 saturated carbocycles. The zero-order chi connectivity index (χ0) is 15.6. The van der Waals surface area contributed by atoms with E-state index in [1.54, 1.807) is 6.07 Å². The van der Waals surface area contributed by atoms with Crippen LogP contribution in [0.4, 0.5) is 5.69 Å². The van der Waals surface area contributed by atoms with Gasteiger partial charge in [-0.15, -0.1) is 0 Å². The molecule has 108 valence electrons. The first-order valence-electron chi connectivity index (χ1n) is 5.54. The zero-order valence-corrected chi connectivity index (χ0v) is 13.3. The van der Waals surface area contributed by atoms with Gasteiger partial charge in [-0.25, -0.2) is 9.78 Å². The molecule has 0 unspecified atom stereocenters. The predicted molar refractivity (Wildman–Crippen MR) is 83.3 cm³/mol. The largest absolute Gasteiger partial charge is 0.478 e. The highest BCUT2D eigenvalue weighted by Crippen LogP contribution is 2.23. The molecule has 21 heavy (non-hydrogen) atoms. The lowest BCUT2D eigenvalue weighted by atomic mass is 10.2. The molecule has 0 fully saturated rings. The molecule has 8 heteroatoms. The minimum absolute atomic E-state index is 0.0259. The summed E-state index contributed by atoms with van der Waals surface area (Å²) in [6.07, 6.45) is 0. The molecule has 0 atom stereocenters. The molecule has 2 N–H and O–H groups in total. The standard InChI is InChI=1S/C13H7BrCl2N2O3/c14-8-2-1-6(5-7(8)13(20)21)17-12(19)11-9(15)3-4-10(16)18-11/h1-5H,(H,17,19)(H,20,21). The van der Waals surface area contributed by atoms with Crippen molar-refractivity contribution in [1.29, 1.82) is 0 Å². The van der Waals surface area contributed by atoms with Crippen molar-refractivity contribution >= 4 is 56.7 Å². The molecule has 2 rings (SSSR count). The van der Waals surface area contributed by atoms with Crippen LogP contribution >= 0.6 is 39.1 Å². The fourth-order valence-corrected chi connectivity index (χ4v) is 2.29. The Hall–Kier alpha value is -1.63. The van der Waals surface area contributed by atoms with Crippen molar-refractivity contribution in [1.82, 2.24) is 4.98 Å². The highest BCUT2D eigenvalue weighted by molar-refractivity contribution is 9.10. The van der Waals surface area contributed by atoms with Crippen LogP contribution in [-0.4, -0.2) is 22.0 Å². The number of aromatic carboxylic acids is 1. The molecule has 1 heterocycles. The molecular weight excluding hydrogens is 383 g/mol. The van der Waals surface area contributed by atoms with E-state index in [9.17, 15) is 9.59 Å². The summed E-state index contributed by atoms with van der Waals surface area (Å²) in [5, 5.41) is 11.8. The van der Waals surface area contributed by atoms with Crippen LogP contribution in [0.25, 0.3) is 0 Å². The van der Waals surface area contributed by atoms with Crippen molar-refractivity contribution < 1.29 is 14.7 Å². The second-order valence-electron chi connectivity index (χ2n) is 3.92. The lowest BCUT2D eigenvalue weighted by Crippen LogP contribution is -2.15. The average molecular weight is 390 g/mol. The molecule has 0 spiro atoms. The van der Waals surface area contributed by atoms with Gasteiger partial charge >= 0.3 is 5.97 Å². The van der Waals surface area contributed by atoms with Crippen molar-refractivity contribution in [3.8, 4) is 0 Å². The molecule has 0 aliphatic carbocycles. The molecule has 0 bridgehead atoms. The van der Waals surface area contributed by atoms with E-state index in [0.29, 0.717) is 10.2 Å². The number of carbonyl (C=O) groups excluding carboxylic acids is 1. The number of nitrogens with one attached hydrogen (secondary N) is 1. The van der Waals surface area contributed by atoms with Crippen molar-refractivity contribution in [2.45, 2.75) is 0 Å². The number of aromatic nitrogens is 1. The van der Waals surface area contributed by atoms with E-state index in [1.807, 2.05) is 0 Å². The first kappa shape index (κ1) is 15.8. The van der Waals surface area contributed by atoms with E-state index in [0.717, 1.165) is 0 Å². The number of halogens is 3. The number of carbonyl (C=O) groups is 2. The van der Waals surface area contributed by atoms with Crippen LogP contribution in [0.3, 0.4) is 0 Å². The van der Waals surface area contributed by atoms with E-state index in [4.69, 9.17) is 28.3 Å². The highest BCUT2D eigenvalue weighted by atomic mass is 79.9. The Morgan fingerprint density at radius 3 is 2.57 bits per heavy atom. The smallest absolute Gasteiger partial charge is 0.336 e. The number of carboxylic acid groups (broad SMARTS) is 1. The summed E-state index contributed by atoms with van der Waals surface area (Å²) in [7, 11) is 0. The fourth-order valence-electron chi connectivity index (χ4n) is 1.53. The number of amides is 1. The van der Waals surface area contributed by atoms with E-state index in [-0.39, 0.29) is 21.4 Å². The quantitative estimate of drug-likeness (QED) is 0.774. The van der Waals surface area contributed by atoms with E-state index in [1.165, 1.54) is 24.3 Å². The molecule has 1 aromatic heterocycles. The second-order valence-corrected chi connectivity index (χ2v) is 5.57. The minimum Gasteiger partial charge on any atom is -0.478 e. The summed E-state index contributed by atoms with van der Waals surface area (Å²) in [6.45, 7) is 0. The monoisotopic (exact) mass is 388 g/mol. The average Bonchev–Trinajstić information content (AvgIpc) is 2.43. The maximum atomic E-state index is 12.1. The Kier molecular flexibility index (Phi) is 4.82. The number of carboxylic acids is 1. The fraction of sp³-hybridized carbons (Fsp3) is 0. The van der Waals surface area contributed by atoms with E-state index >= 15 is 0 Å². The van der Waals surface area contributed by atoms with Crippen LogP contribution in [0.1, 0.15) is 20.8 Å². The van der Waals surface area contributed by atoms with Crippen LogP contribution in [0.15, 0.2) is 34.8 Å². The molecule has 0 aliphatic heterocycles. The molecule has 5 nitrogen and oxygen atoms in total. The Labute approximate surface area is 138 Å². The molecule has 1 aromatic carbocycles. The number of pyridine rings is 1. The molecule has 1 amide bonds. The third-order valence-corrected chi connectivity index (χ3v) is 3.69. The topological polar surface area (TPSA) is 79.3 Å². The predicted octanol–water partition coefficient (Wildman–Crippen LogP) is 4.10. The van der Waals surface area contributed by atoms with E-state index < -0.39 is 11.9 Å². The van der Waals surface area contributed by atoms with E-state index in [2.05, 4.69) is 26.2 Å². The van der Waals surface area contributed by atoms with Gasteiger partial charge in [-0.1, -0.05) is 23.2 Å². The van der Waals surface area contributed by atoms with Gasteiger partial charge in [0.05, 0.1) is 10.6 Å². The lowest BCUT2D eigenvalue weighted by molar-refractivity contribution is 0.0695. The van der Waals surface area contributed by atoms with Crippen molar-refractivity contribution in [3.63, 3.8) is 0 Å². The molecule has 0 radical (unpaired) electrons. The summed E-state index contributed by atoms with van der Waals surface area (Å²) in [5.41, 5.74) is 0.292. The third kappa shape index (κ3) is 3.72. The second kappa shape index (κ2) is 6.43. The number of nitrogens with zero attached hydrogens (tertiary/aromatic N) is 1. The van der Waals surface area contributed by atoms with Gasteiger partial charge in [0.1, 0.15) is 10.8 Å².